The van der Waals surface area contributed by atoms with Gasteiger partial charge in [0.15, 0.2) is 0 Å². The normalized spacial score (nSPS) is 23.2. The molecule has 1 saturated heterocycles. The van der Waals surface area contributed by atoms with E-state index in [0.29, 0.717) is 5.92 Å². The van der Waals surface area contributed by atoms with E-state index >= 15 is 0 Å². The third-order valence-electron chi connectivity index (χ3n) is 6.65. The largest absolute Gasteiger partial charge is 0.306 e. The maximum absolute atomic E-state index is 13.4. The zero-order chi connectivity index (χ0) is 21.5. The first-order valence-corrected chi connectivity index (χ1v) is 11.1. The minimum atomic E-state index is -0.00807. The summed E-state index contributed by atoms with van der Waals surface area (Å²) < 4.78 is 2.04. The lowest BCUT2D eigenvalue weighted by Gasteiger charge is -2.32. The van der Waals surface area contributed by atoms with Crippen LogP contribution in [0, 0.1) is 18.8 Å². The Morgan fingerprint density at radius 2 is 1.94 bits per heavy atom. The number of hydrogen-bond donors (Lipinski definition) is 0. The Labute approximate surface area is 183 Å². The molecule has 31 heavy (non-hydrogen) atoms. The number of carbonyl (C=O) groups excluding carboxylic acids is 1. The monoisotopic (exact) mass is 415 g/mol. The summed E-state index contributed by atoms with van der Waals surface area (Å²) in [5.74, 6) is 0.640. The van der Waals surface area contributed by atoms with Gasteiger partial charge in [-0.2, -0.15) is 0 Å². The van der Waals surface area contributed by atoms with Crippen LogP contribution in [0.3, 0.4) is 0 Å². The summed E-state index contributed by atoms with van der Waals surface area (Å²) in [6.07, 6.45) is 14.9. The van der Waals surface area contributed by atoms with Gasteiger partial charge in [0.25, 0.3) is 5.91 Å². The number of pyridine rings is 1. The van der Waals surface area contributed by atoms with Crippen molar-refractivity contribution < 1.29 is 4.79 Å². The van der Waals surface area contributed by atoms with Crippen LogP contribution >= 0.6 is 0 Å². The van der Waals surface area contributed by atoms with Gasteiger partial charge >= 0.3 is 0 Å². The van der Waals surface area contributed by atoms with Crippen LogP contribution in [0.15, 0.2) is 59.3 Å². The van der Waals surface area contributed by atoms with Gasteiger partial charge in [0.1, 0.15) is 5.65 Å². The molecule has 1 amide bonds. The van der Waals surface area contributed by atoms with Crippen molar-refractivity contribution >= 4 is 23.3 Å². The molecule has 5 rings (SSSR count). The summed E-state index contributed by atoms with van der Waals surface area (Å²) in [5.41, 5.74) is 5.94. The summed E-state index contributed by atoms with van der Waals surface area (Å²) in [7, 11) is 2.16. The molecular formula is C25H29N5O. The number of amides is 1. The van der Waals surface area contributed by atoms with E-state index in [2.05, 4.69) is 42.2 Å². The molecule has 3 aliphatic rings. The summed E-state index contributed by atoms with van der Waals surface area (Å²) >= 11 is 0. The van der Waals surface area contributed by atoms with Gasteiger partial charge in [-0.15, -0.1) is 0 Å². The van der Waals surface area contributed by atoms with Crippen LogP contribution in [-0.4, -0.2) is 51.4 Å². The van der Waals surface area contributed by atoms with Crippen molar-refractivity contribution in [2.75, 3.05) is 20.1 Å². The highest BCUT2D eigenvalue weighted by atomic mass is 16.2. The van der Waals surface area contributed by atoms with E-state index in [-0.39, 0.29) is 11.8 Å². The van der Waals surface area contributed by atoms with Gasteiger partial charge in [-0.3, -0.25) is 14.7 Å². The smallest absolute Gasteiger partial charge is 0.255 e. The standard InChI is InChI=1S/C25H29N5O/c1-17-4-6-21-13-26-23(19-8-10-28(3)11-9-19)16-30(21)25(31)12-22(17)20-5-7-24-27-18(2)14-29(24)15-20/h5-7,12-17,19H,4,8-11H2,1-3H3. The van der Waals surface area contributed by atoms with E-state index in [0.717, 1.165) is 66.2 Å². The van der Waals surface area contributed by atoms with Gasteiger partial charge in [-0.05, 0) is 75.5 Å². The third kappa shape index (κ3) is 3.88. The first-order chi connectivity index (χ1) is 15.0. The lowest BCUT2D eigenvalue weighted by molar-refractivity contribution is -0.122. The second-order valence-corrected chi connectivity index (χ2v) is 9.03. The molecule has 3 aliphatic heterocycles. The predicted octanol–water partition coefficient (Wildman–Crippen LogP) is 4.05. The Morgan fingerprint density at radius 1 is 1.13 bits per heavy atom. The van der Waals surface area contributed by atoms with Crippen molar-refractivity contribution in [2.45, 2.75) is 33.1 Å². The van der Waals surface area contributed by atoms with E-state index < -0.39 is 0 Å². The first kappa shape index (κ1) is 19.9. The minimum absolute atomic E-state index is 0.00807. The maximum atomic E-state index is 13.4. The third-order valence-corrected chi connectivity index (χ3v) is 6.65. The number of piperidine rings is 1. The van der Waals surface area contributed by atoms with Gasteiger partial charge in [0.2, 0.25) is 0 Å². The van der Waals surface area contributed by atoms with Gasteiger partial charge in [-0.25, -0.2) is 4.98 Å². The Hall–Kier alpha value is -2.99. The number of allylic oxidation sites excluding steroid dienone is 4. The van der Waals surface area contributed by atoms with Crippen LogP contribution in [0.1, 0.15) is 37.4 Å². The zero-order valence-corrected chi connectivity index (χ0v) is 18.5. The lowest BCUT2D eigenvalue weighted by Crippen LogP contribution is -2.33. The molecule has 0 N–H and O–H groups in total. The molecule has 1 unspecified atom stereocenters. The molecule has 0 aromatic carbocycles. The highest BCUT2D eigenvalue weighted by molar-refractivity contribution is 6.01. The summed E-state index contributed by atoms with van der Waals surface area (Å²) in [6, 6.07) is 4.09. The molecule has 0 radical (unpaired) electrons. The van der Waals surface area contributed by atoms with Crippen LogP contribution in [0.4, 0.5) is 0 Å². The average Bonchev–Trinajstić information content (AvgIpc) is 3.14. The number of aliphatic imine (C=N–C) groups is 1. The summed E-state index contributed by atoms with van der Waals surface area (Å²) in [4.78, 5) is 26.7. The zero-order valence-electron chi connectivity index (χ0n) is 18.5. The number of hydrogen-bond acceptors (Lipinski definition) is 4. The van der Waals surface area contributed by atoms with E-state index in [4.69, 9.17) is 4.99 Å². The van der Waals surface area contributed by atoms with Gasteiger partial charge in [0.05, 0.1) is 23.3 Å². The van der Waals surface area contributed by atoms with Crippen molar-refractivity contribution in [3.63, 3.8) is 0 Å². The quantitative estimate of drug-likeness (QED) is 0.744. The predicted molar refractivity (Wildman–Crippen MR) is 123 cm³/mol. The van der Waals surface area contributed by atoms with Crippen molar-refractivity contribution in [2.24, 2.45) is 16.8 Å². The molecule has 0 saturated carbocycles. The van der Waals surface area contributed by atoms with E-state index in [1.54, 1.807) is 4.90 Å². The fourth-order valence-electron chi connectivity index (χ4n) is 4.73. The SMILES string of the molecule is Cc1cn2cc(C3=CC(=O)N4C=C(C5CCN(C)CC5)N=CC4=CCC3C)ccc2n1. The van der Waals surface area contributed by atoms with Crippen LogP contribution in [0.5, 0.6) is 0 Å². The van der Waals surface area contributed by atoms with E-state index in [1.807, 2.05) is 42.1 Å². The molecule has 2 aromatic heterocycles. The molecule has 0 aliphatic carbocycles. The summed E-state index contributed by atoms with van der Waals surface area (Å²) in [5, 5.41) is 0. The van der Waals surface area contributed by atoms with Crippen LogP contribution in [-0.2, 0) is 4.79 Å². The molecule has 5 heterocycles. The second kappa shape index (κ2) is 7.93. The van der Waals surface area contributed by atoms with Crippen molar-refractivity contribution in [1.29, 1.82) is 0 Å². The van der Waals surface area contributed by atoms with E-state index in [9.17, 15) is 4.79 Å². The number of imidazole rings is 1. The fraction of sp³-hybridized carbons (Fsp3) is 0.400. The number of fused-ring (bicyclic) bond motifs is 2. The Kier molecular flexibility index (Phi) is 5.10. The first-order valence-electron chi connectivity index (χ1n) is 11.1. The number of likely N-dealkylation sites (tertiary alicyclic amines) is 1. The second-order valence-electron chi connectivity index (χ2n) is 9.03. The summed E-state index contributed by atoms with van der Waals surface area (Å²) in [6.45, 7) is 6.32. The highest BCUT2D eigenvalue weighted by Gasteiger charge is 2.27. The number of carbonyl (C=O) groups is 1. The maximum Gasteiger partial charge on any atom is 0.255 e. The van der Waals surface area contributed by atoms with Crippen molar-refractivity contribution in [1.82, 2.24) is 19.2 Å². The molecule has 2 aromatic rings. The number of nitrogens with zero attached hydrogens (tertiary/aromatic N) is 5. The molecule has 6 heteroatoms. The van der Waals surface area contributed by atoms with Gasteiger partial charge in [-0.1, -0.05) is 13.0 Å². The average molecular weight is 416 g/mol. The molecular weight excluding hydrogens is 386 g/mol. The van der Waals surface area contributed by atoms with Crippen LogP contribution in [0.25, 0.3) is 11.2 Å². The molecule has 0 bridgehead atoms. The Bertz CT molecular complexity index is 1140. The number of aryl methyl sites for hydroxylation is 1. The fourth-order valence-corrected chi connectivity index (χ4v) is 4.73. The van der Waals surface area contributed by atoms with Crippen molar-refractivity contribution in [3.05, 3.63) is 65.5 Å². The molecule has 1 atom stereocenters. The number of rotatable bonds is 2. The van der Waals surface area contributed by atoms with Gasteiger partial charge in [0, 0.05) is 30.6 Å². The lowest BCUT2D eigenvalue weighted by atomic mass is 9.89. The molecule has 1 fully saturated rings. The van der Waals surface area contributed by atoms with Crippen LogP contribution in [0.2, 0.25) is 0 Å². The Morgan fingerprint density at radius 3 is 2.74 bits per heavy atom. The highest BCUT2D eigenvalue weighted by Crippen LogP contribution is 2.33. The molecule has 160 valence electrons. The van der Waals surface area contributed by atoms with Crippen LogP contribution < -0.4 is 0 Å². The van der Waals surface area contributed by atoms with Gasteiger partial charge < -0.3 is 9.30 Å². The Balaban J connectivity index is 1.46. The number of aromatic nitrogens is 2. The molecule has 0 spiro atoms. The topological polar surface area (TPSA) is 53.2 Å². The minimum Gasteiger partial charge on any atom is -0.306 e. The van der Waals surface area contributed by atoms with E-state index in [1.165, 1.54) is 0 Å². The van der Waals surface area contributed by atoms with Crippen molar-refractivity contribution in [3.8, 4) is 0 Å². The molecule has 6 nitrogen and oxygen atoms in total.